The molecule has 0 aromatic carbocycles. The maximum absolute atomic E-state index is 5.92. The SMILES string of the molecule is COc1ncnc(NC2(C)CCCOC2)c1N. The average molecular weight is 238 g/mol. The number of nitrogens with zero attached hydrogens (tertiary/aromatic N) is 2. The molecule has 94 valence electrons. The molecule has 0 spiro atoms. The molecule has 6 heteroatoms. The number of nitrogens with one attached hydrogen (secondary N) is 1. The molecule has 1 aliphatic rings. The molecule has 0 bridgehead atoms. The van der Waals surface area contributed by atoms with E-state index in [4.69, 9.17) is 15.2 Å². The standard InChI is InChI=1S/C11H18N4O2/c1-11(4-3-5-17-6-11)15-9-8(12)10(16-2)14-7-13-9/h7H,3-6,12H2,1-2H3,(H,13,14,15). The summed E-state index contributed by atoms with van der Waals surface area (Å²) in [5.74, 6) is 0.993. The van der Waals surface area contributed by atoms with Crippen LogP contribution in [0.25, 0.3) is 0 Å². The summed E-state index contributed by atoms with van der Waals surface area (Å²) in [5, 5.41) is 3.32. The van der Waals surface area contributed by atoms with Crippen molar-refractivity contribution < 1.29 is 9.47 Å². The van der Waals surface area contributed by atoms with E-state index in [1.54, 1.807) is 0 Å². The van der Waals surface area contributed by atoms with Gasteiger partial charge in [0, 0.05) is 6.61 Å². The quantitative estimate of drug-likeness (QED) is 0.819. The van der Waals surface area contributed by atoms with Crippen LogP contribution in [0.15, 0.2) is 6.33 Å². The van der Waals surface area contributed by atoms with E-state index in [-0.39, 0.29) is 5.54 Å². The third-order valence-corrected chi connectivity index (χ3v) is 2.90. The van der Waals surface area contributed by atoms with Gasteiger partial charge in [0.1, 0.15) is 12.0 Å². The summed E-state index contributed by atoms with van der Waals surface area (Å²) >= 11 is 0. The first-order valence-corrected chi connectivity index (χ1v) is 5.65. The van der Waals surface area contributed by atoms with E-state index in [2.05, 4.69) is 22.2 Å². The summed E-state index contributed by atoms with van der Waals surface area (Å²) < 4.78 is 10.5. The lowest BCUT2D eigenvalue weighted by Crippen LogP contribution is -2.43. The van der Waals surface area contributed by atoms with Crippen molar-refractivity contribution in [2.24, 2.45) is 0 Å². The first kappa shape index (κ1) is 11.9. The van der Waals surface area contributed by atoms with E-state index in [1.165, 1.54) is 13.4 Å². The number of methoxy groups -OCH3 is 1. The fourth-order valence-electron chi connectivity index (χ4n) is 1.96. The van der Waals surface area contributed by atoms with Crippen LogP contribution in [-0.4, -0.2) is 35.8 Å². The number of anilines is 2. The van der Waals surface area contributed by atoms with E-state index in [1.807, 2.05) is 0 Å². The second kappa shape index (κ2) is 4.75. The van der Waals surface area contributed by atoms with Crippen molar-refractivity contribution in [3.63, 3.8) is 0 Å². The first-order chi connectivity index (χ1) is 8.14. The average Bonchev–Trinajstić information content (AvgIpc) is 2.32. The maximum atomic E-state index is 5.92. The van der Waals surface area contributed by atoms with Gasteiger partial charge in [-0.15, -0.1) is 0 Å². The smallest absolute Gasteiger partial charge is 0.242 e. The minimum Gasteiger partial charge on any atom is -0.479 e. The summed E-state index contributed by atoms with van der Waals surface area (Å²) in [6, 6.07) is 0. The van der Waals surface area contributed by atoms with Gasteiger partial charge in [0.25, 0.3) is 0 Å². The van der Waals surface area contributed by atoms with Crippen molar-refractivity contribution in [1.29, 1.82) is 0 Å². The van der Waals surface area contributed by atoms with Crippen molar-refractivity contribution in [1.82, 2.24) is 9.97 Å². The summed E-state index contributed by atoms with van der Waals surface area (Å²) in [6.45, 7) is 3.57. The zero-order valence-corrected chi connectivity index (χ0v) is 10.2. The molecule has 3 N–H and O–H groups in total. The number of hydrogen-bond acceptors (Lipinski definition) is 6. The van der Waals surface area contributed by atoms with Gasteiger partial charge in [-0.05, 0) is 19.8 Å². The summed E-state index contributed by atoms with van der Waals surface area (Å²) in [7, 11) is 1.54. The molecule has 1 aromatic rings. The van der Waals surface area contributed by atoms with Gasteiger partial charge in [-0.3, -0.25) is 0 Å². The Labute approximate surface area is 101 Å². The zero-order chi connectivity index (χ0) is 12.3. The number of ether oxygens (including phenoxy) is 2. The number of hydrogen-bond donors (Lipinski definition) is 2. The third kappa shape index (κ3) is 2.58. The number of nitrogens with two attached hydrogens (primary N) is 1. The molecule has 1 aromatic heterocycles. The van der Waals surface area contributed by atoms with Crippen LogP contribution >= 0.6 is 0 Å². The van der Waals surface area contributed by atoms with Crippen LogP contribution in [0.2, 0.25) is 0 Å². The van der Waals surface area contributed by atoms with E-state index >= 15 is 0 Å². The second-order valence-electron chi connectivity index (χ2n) is 4.49. The fourth-order valence-corrected chi connectivity index (χ4v) is 1.96. The normalized spacial score (nSPS) is 24.4. The molecule has 1 unspecified atom stereocenters. The van der Waals surface area contributed by atoms with Crippen LogP contribution in [-0.2, 0) is 4.74 Å². The maximum Gasteiger partial charge on any atom is 0.242 e. The molecule has 0 amide bonds. The lowest BCUT2D eigenvalue weighted by atomic mass is 9.95. The van der Waals surface area contributed by atoms with Crippen molar-refractivity contribution in [3.8, 4) is 5.88 Å². The highest BCUT2D eigenvalue weighted by Crippen LogP contribution is 2.29. The Hall–Kier alpha value is -1.56. The Bertz CT molecular complexity index is 391. The molecular weight excluding hydrogens is 220 g/mol. The third-order valence-electron chi connectivity index (χ3n) is 2.90. The molecule has 1 saturated heterocycles. The van der Waals surface area contributed by atoms with Gasteiger partial charge in [-0.2, -0.15) is 4.98 Å². The van der Waals surface area contributed by atoms with E-state index in [0.717, 1.165) is 19.4 Å². The minimum atomic E-state index is -0.133. The number of nitrogen functional groups attached to an aromatic ring is 1. The summed E-state index contributed by atoms with van der Waals surface area (Å²) in [5.41, 5.74) is 6.22. The van der Waals surface area contributed by atoms with Crippen LogP contribution < -0.4 is 15.8 Å². The summed E-state index contributed by atoms with van der Waals surface area (Å²) in [6.07, 6.45) is 3.49. The Balaban J connectivity index is 2.17. The molecule has 1 fully saturated rings. The predicted octanol–water partition coefficient (Wildman–Crippen LogP) is 1.05. The van der Waals surface area contributed by atoms with Crippen LogP contribution in [0, 0.1) is 0 Å². The second-order valence-corrected chi connectivity index (χ2v) is 4.49. The van der Waals surface area contributed by atoms with E-state index in [9.17, 15) is 0 Å². The zero-order valence-electron chi connectivity index (χ0n) is 10.2. The first-order valence-electron chi connectivity index (χ1n) is 5.65. The molecule has 17 heavy (non-hydrogen) atoms. The van der Waals surface area contributed by atoms with Gasteiger partial charge in [0.15, 0.2) is 5.82 Å². The van der Waals surface area contributed by atoms with Crippen LogP contribution in [0.3, 0.4) is 0 Å². The Morgan fingerprint density at radius 3 is 3.00 bits per heavy atom. The van der Waals surface area contributed by atoms with Crippen molar-refractivity contribution in [2.75, 3.05) is 31.4 Å². The van der Waals surface area contributed by atoms with Crippen molar-refractivity contribution in [3.05, 3.63) is 6.33 Å². The highest BCUT2D eigenvalue weighted by Gasteiger charge is 2.28. The van der Waals surface area contributed by atoms with Gasteiger partial charge in [-0.25, -0.2) is 4.98 Å². The molecule has 0 saturated carbocycles. The van der Waals surface area contributed by atoms with Gasteiger partial charge >= 0.3 is 0 Å². The van der Waals surface area contributed by atoms with Gasteiger partial charge in [0.05, 0.1) is 19.3 Å². The number of rotatable bonds is 3. The monoisotopic (exact) mass is 238 g/mol. The molecule has 2 heterocycles. The molecule has 0 radical (unpaired) electrons. The van der Waals surface area contributed by atoms with Gasteiger partial charge < -0.3 is 20.5 Å². The Kier molecular flexibility index (Phi) is 3.33. The van der Waals surface area contributed by atoms with Crippen molar-refractivity contribution in [2.45, 2.75) is 25.3 Å². The number of aromatic nitrogens is 2. The molecule has 2 rings (SSSR count). The lowest BCUT2D eigenvalue weighted by Gasteiger charge is -2.35. The molecule has 1 atom stereocenters. The van der Waals surface area contributed by atoms with Gasteiger partial charge in [-0.1, -0.05) is 0 Å². The van der Waals surface area contributed by atoms with Crippen molar-refractivity contribution >= 4 is 11.5 Å². The predicted molar refractivity (Wildman–Crippen MR) is 65.1 cm³/mol. The summed E-state index contributed by atoms with van der Waals surface area (Å²) in [4.78, 5) is 8.09. The van der Waals surface area contributed by atoms with Crippen LogP contribution in [0.1, 0.15) is 19.8 Å². The molecule has 0 aliphatic carbocycles. The van der Waals surface area contributed by atoms with Gasteiger partial charge in [0.2, 0.25) is 5.88 Å². The minimum absolute atomic E-state index is 0.133. The molecule has 6 nitrogen and oxygen atoms in total. The van der Waals surface area contributed by atoms with E-state index in [0.29, 0.717) is 24.0 Å². The van der Waals surface area contributed by atoms with E-state index < -0.39 is 0 Å². The highest BCUT2D eigenvalue weighted by atomic mass is 16.5. The Morgan fingerprint density at radius 1 is 1.53 bits per heavy atom. The lowest BCUT2D eigenvalue weighted by molar-refractivity contribution is 0.0539. The largest absolute Gasteiger partial charge is 0.479 e. The molecular formula is C11H18N4O2. The van der Waals surface area contributed by atoms with Crippen LogP contribution in [0.5, 0.6) is 5.88 Å². The Morgan fingerprint density at radius 2 is 2.35 bits per heavy atom. The molecule has 1 aliphatic heterocycles. The fraction of sp³-hybridized carbons (Fsp3) is 0.636. The van der Waals surface area contributed by atoms with Crippen LogP contribution in [0.4, 0.5) is 11.5 Å². The highest BCUT2D eigenvalue weighted by molar-refractivity contribution is 5.67. The topological polar surface area (TPSA) is 82.3 Å².